The molecule has 0 radical (unpaired) electrons. The third kappa shape index (κ3) is 5.54. The molecule has 3 saturated heterocycles. The van der Waals surface area contributed by atoms with Crippen LogP contribution in [0.5, 0.6) is 0 Å². The molecule has 3 aliphatic heterocycles. The van der Waals surface area contributed by atoms with Gasteiger partial charge in [-0.25, -0.2) is 4.98 Å². The lowest BCUT2D eigenvalue weighted by Gasteiger charge is -2.39. The molecule has 1 atom stereocenters. The smallest absolute Gasteiger partial charge is 0.227 e. The van der Waals surface area contributed by atoms with Crippen molar-refractivity contribution >= 4 is 17.6 Å². The monoisotopic (exact) mass is 429 g/mol. The van der Waals surface area contributed by atoms with Crippen molar-refractivity contribution in [3.05, 3.63) is 23.9 Å². The van der Waals surface area contributed by atoms with Crippen LogP contribution in [0.4, 0.5) is 5.82 Å². The number of ether oxygens (including phenoxy) is 1. The second kappa shape index (κ2) is 10.4. The Hall–Kier alpha value is -2.19. The fraction of sp³-hybridized carbons (Fsp3) is 0.696. The quantitative estimate of drug-likeness (QED) is 0.672. The van der Waals surface area contributed by atoms with Crippen molar-refractivity contribution in [1.29, 1.82) is 0 Å². The average molecular weight is 430 g/mol. The molecule has 3 aliphatic rings. The molecule has 0 bridgehead atoms. The number of carbonyl (C=O) groups excluding carboxylic acids is 2. The van der Waals surface area contributed by atoms with Gasteiger partial charge in [0.05, 0.1) is 19.1 Å². The molecule has 0 saturated carbocycles. The second-order valence-electron chi connectivity index (χ2n) is 8.84. The van der Waals surface area contributed by atoms with E-state index in [1.54, 1.807) is 0 Å². The zero-order chi connectivity index (χ0) is 21.6. The van der Waals surface area contributed by atoms with Crippen LogP contribution in [0.15, 0.2) is 18.3 Å². The van der Waals surface area contributed by atoms with E-state index in [-0.39, 0.29) is 17.7 Å². The third-order valence-corrected chi connectivity index (χ3v) is 6.73. The van der Waals surface area contributed by atoms with Crippen LogP contribution in [-0.2, 0) is 14.3 Å². The number of nitrogens with zero attached hydrogens (tertiary/aromatic N) is 5. The number of likely N-dealkylation sites (tertiary alicyclic amines) is 1. The molecule has 0 aromatic carbocycles. The van der Waals surface area contributed by atoms with Crippen LogP contribution in [-0.4, -0.2) is 104 Å². The van der Waals surface area contributed by atoms with Gasteiger partial charge in [-0.2, -0.15) is 0 Å². The first-order chi connectivity index (χ1) is 15.1. The molecule has 8 heteroatoms. The van der Waals surface area contributed by atoms with E-state index >= 15 is 0 Å². The predicted molar refractivity (Wildman–Crippen MR) is 119 cm³/mol. The third-order valence-electron chi connectivity index (χ3n) is 6.73. The fourth-order valence-corrected chi connectivity index (χ4v) is 4.85. The highest BCUT2D eigenvalue weighted by molar-refractivity contribution is 5.84. The molecule has 8 nitrogen and oxygen atoms in total. The number of piperazine rings is 1. The van der Waals surface area contributed by atoms with Crippen molar-refractivity contribution < 1.29 is 14.3 Å². The van der Waals surface area contributed by atoms with Crippen LogP contribution in [0, 0.1) is 12.8 Å². The van der Waals surface area contributed by atoms with Crippen LogP contribution >= 0.6 is 0 Å². The maximum atomic E-state index is 13.2. The highest BCUT2D eigenvalue weighted by Crippen LogP contribution is 2.23. The summed E-state index contributed by atoms with van der Waals surface area (Å²) in [5, 5.41) is 0. The number of amides is 2. The maximum absolute atomic E-state index is 13.2. The van der Waals surface area contributed by atoms with Gasteiger partial charge >= 0.3 is 0 Å². The zero-order valence-corrected chi connectivity index (χ0v) is 18.7. The summed E-state index contributed by atoms with van der Waals surface area (Å²) in [5.74, 6) is 1.36. The van der Waals surface area contributed by atoms with Crippen molar-refractivity contribution in [3.63, 3.8) is 0 Å². The molecule has 4 rings (SSSR count). The number of hydrogen-bond acceptors (Lipinski definition) is 6. The minimum Gasteiger partial charge on any atom is -0.379 e. The van der Waals surface area contributed by atoms with E-state index < -0.39 is 0 Å². The summed E-state index contributed by atoms with van der Waals surface area (Å²) >= 11 is 0. The zero-order valence-electron chi connectivity index (χ0n) is 18.7. The van der Waals surface area contributed by atoms with Gasteiger partial charge in [0.2, 0.25) is 11.8 Å². The summed E-state index contributed by atoms with van der Waals surface area (Å²) in [7, 11) is 0. The first kappa shape index (κ1) is 22.0. The van der Waals surface area contributed by atoms with E-state index in [1.165, 1.54) is 5.56 Å². The number of piperidine rings is 1. The van der Waals surface area contributed by atoms with Gasteiger partial charge in [-0.15, -0.1) is 0 Å². The normalized spacial score (nSPS) is 23.3. The summed E-state index contributed by atoms with van der Waals surface area (Å²) in [4.78, 5) is 38.6. The number of aryl methyl sites for hydroxylation is 1. The van der Waals surface area contributed by atoms with Crippen LogP contribution < -0.4 is 4.90 Å². The van der Waals surface area contributed by atoms with Gasteiger partial charge < -0.3 is 19.4 Å². The summed E-state index contributed by atoms with van der Waals surface area (Å²) in [6.45, 7) is 11.0. The van der Waals surface area contributed by atoms with E-state index in [1.807, 2.05) is 22.1 Å². The summed E-state index contributed by atoms with van der Waals surface area (Å²) < 4.78 is 5.39. The second-order valence-corrected chi connectivity index (χ2v) is 8.84. The molecule has 1 aromatic heterocycles. The highest BCUT2D eigenvalue weighted by atomic mass is 16.5. The molecular weight excluding hydrogens is 394 g/mol. The number of pyridine rings is 1. The Labute approximate surface area is 185 Å². The molecule has 3 fully saturated rings. The molecular formula is C23H35N5O3. The van der Waals surface area contributed by atoms with Gasteiger partial charge in [0.25, 0.3) is 0 Å². The van der Waals surface area contributed by atoms with Crippen molar-refractivity contribution in [3.8, 4) is 0 Å². The number of rotatable bonds is 6. The molecule has 0 unspecified atom stereocenters. The van der Waals surface area contributed by atoms with Crippen LogP contribution in [0.1, 0.15) is 24.8 Å². The number of carbonyl (C=O) groups is 2. The molecule has 2 amide bonds. The Bertz CT molecular complexity index is 759. The fourth-order valence-electron chi connectivity index (χ4n) is 4.85. The number of hydrogen-bond donors (Lipinski definition) is 0. The summed E-state index contributed by atoms with van der Waals surface area (Å²) in [6, 6.07) is 4.03. The average Bonchev–Trinajstić information content (AvgIpc) is 2.81. The lowest BCUT2D eigenvalue weighted by molar-refractivity contribution is -0.143. The predicted octanol–water partition coefficient (Wildman–Crippen LogP) is 1.000. The Morgan fingerprint density at radius 3 is 2.65 bits per heavy atom. The Balaban J connectivity index is 1.24. The van der Waals surface area contributed by atoms with Crippen molar-refractivity contribution in [2.45, 2.75) is 26.2 Å². The standard InChI is InChI=1S/C23H35N5O3/c1-19-4-2-7-24-22(19)26-10-12-27(13-11-26)23(30)20-5-6-21(29)28(18-20)9-3-8-25-14-16-31-17-15-25/h2,4,7,20H,3,5-6,8-18H2,1H3/t20-/m1/s1. The minimum absolute atomic E-state index is 0.0655. The first-order valence-corrected chi connectivity index (χ1v) is 11.6. The number of aromatic nitrogens is 1. The van der Waals surface area contributed by atoms with Gasteiger partial charge in [0.1, 0.15) is 5.82 Å². The van der Waals surface area contributed by atoms with Gasteiger partial charge in [-0.3, -0.25) is 14.5 Å². The topological polar surface area (TPSA) is 69.2 Å². The largest absolute Gasteiger partial charge is 0.379 e. The Morgan fingerprint density at radius 2 is 1.90 bits per heavy atom. The van der Waals surface area contributed by atoms with Crippen molar-refractivity contribution in [2.75, 3.05) is 77.0 Å². The van der Waals surface area contributed by atoms with E-state index in [4.69, 9.17) is 4.74 Å². The molecule has 0 spiro atoms. The Kier molecular flexibility index (Phi) is 7.40. The lowest BCUT2D eigenvalue weighted by Crippen LogP contribution is -2.53. The van der Waals surface area contributed by atoms with Crippen molar-refractivity contribution in [1.82, 2.24) is 19.7 Å². The van der Waals surface area contributed by atoms with E-state index in [9.17, 15) is 9.59 Å². The highest BCUT2D eigenvalue weighted by Gasteiger charge is 2.34. The Morgan fingerprint density at radius 1 is 1.13 bits per heavy atom. The van der Waals surface area contributed by atoms with Crippen LogP contribution in [0.3, 0.4) is 0 Å². The summed E-state index contributed by atoms with van der Waals surface area (Å²) in [5.41, 5.74) is 1.17. The van der Waals surface area contributed by atoms with Gasteiger partial charge in [0.15, 0.2) is 0 Å². The van der Waals surface area contributed by atoms with Crippen LogP contribution in [0.25, 0.3) is 0 Å². The number of anilines is 1. The molecule has 1 aromatic rings. The molecule has 0 aliphatic carbocycles. The van der Waals surface area contributed by atoms with E-state index in [2.05, 4.69) is 27.8 Å². The first-order valence-electron chi connectivity index (χ1n) is 11.6. The van der Waals surface area contributed by atoms with Gasteiger partial charge in [0, 0.05) is 71.5 Å². The number of morpholine rings is 1. The minimum atomic E-state index is -0.0655. The summed E-state index contributed by atoms with van der Waals surface area (Å²) in [6.07, 6.45) is 3.94. The van der Waals surface area contributed by atoms with E-state index in [0.717, 1.165) is 77.8 Å². The molecule has 0 N–H and O–H groups in total. The van der Waals surface area contributed by atoms with Crippen LogP contribution in [0.2, 0.25) is 0 Å². The van der Waals surface area contributed by atoms with E-state index in [0.29, 0.717) is 19.4 Å². The molecule has 170 valence electrons. The SMILES string of the molecule is Cc1cccnc1N1CCN(C(=O)[C@@H]2CCC(=O)N(CCCN3CCOCC3)C2)CC1. The molecule has 31 heavy (non-hydrogen) atoms. The van der Waals surface area contributed by atoms with Gasteiger partial charge in [-0.1, -0.05) is 6.07 Å². The van der Waals surface area contributed by atoms with Gasteiger partial charge in [-0.05, 0) is 31.4 Å². The lowest BCUT2D eigenvalue weighted by atomic mass is 9.95. The molecule has 4 heterocycles. The maximum Gasteiger partial charge on any atom is 0.227 e. The van der Waals surface area contributed by atoms with Crippen molar-refractivity contribution in [2.24, 2.45) is 5.92 Å².